The van der Waals surface area contributed by atoms with E-state index < -0.39 is 0 Å². The zero-order valence-electron chi connectivity index (χ0n) is 15.7. The molecule has 1 saturated heterocycles. The van der Waals surface area contributed by atoms with Crippen LogP contribution in [0, 0.1) is 0 Å². The molecule has 0 spiro atoms. The minimum Gasteiger partial charge on any atom is -0.411 e. The Bertz CT molecular complexity index is 908. The van der Waals surface area contributed by atoms with Crippen molar-refractivity contribution in [2.75, 3.05) is 31.1 Å². The number of amides is 1. The van der Waals surface area contributed by atoms with Crippen molar-refractivity contribution < 1.29 is 9.21 Å². The molecule has 2 heterocycles. The van der Waals surface area contributed by atoms with Crippen molar-refractivity contribution in [2.24, 2.45) is 0 Å². The monoisotopic (exact) mass is 394 g/mol. The molecular weight excluding hydrogens is 372 g/mol. The standard InChI is InChI=1S/C21H22N4O2S/c1-16(28-21-23-22-19(27-21)17-8-4-2-5-9-17)20(26)25-14-12-24(13-15-25)18-10-6-3-7-11-18/h2-11,16H,12-15H2,1H3/t16-/m1/s1. The van der Waals surface area contributed by atoms with Crippen LogP contribution in [-0.2, 0) is 4.79 Å². The summed E-state index contributed by atoms with van der Waals surface area (Å²) >= 11 is 1.31. The third-order valence-electron chi connectivity index (χ3n) is 4.77. The predicted molar refractivity (Wildman–Crippen MR) is 110 cm³/mol. The third-order valence-corrected chi connectivity index (χ3v) is 5.69. The van der Waals surface area contributed by atoms with E-state index in [2.05, 4.69) is 27.2 Å². The molecule has 0 N–H and O–H groups in total. The normalized spacial score (nSPS) is 15.5. The SMILES string of the molecule is C[C@@H](Sc1nnc(-c2ccccc2)o1)C(=O)N1CCN(c2ccccc2)CC1. The summed E-state index contributed by atoms with van der Waals surface area (Å²) in [5, 5.41) is 8.31. The number of para-hydroxylation sites is 1. The van der Waals surface area contributed by atoms with Crippen molar-refractivity contribution >= 4 is 23.4 Å². The van der Waals surface area contributed by atoms with Gasteiger partial charge < -0.3 is 14.2 Å². The maximum Gasteiger partial charge on any atom is 0.277 e. The van der Waals surface area contributed by atoms with Gasteiger partial charge in [0.15, 0.2) is 0 Å². The first-order valence-corrected chi connectivity index (χ1v) is 10.2. The Balaban J connectivity index is 1.32. The van der Waals surface area contributed by atoms with Gasteiger partial charge in [0, 0.05) is 37.4 Å². The Morgan fingerprint density at radius 2 is 1.61 bits per heavy atom. The Morgan fingerprint density at radius 3 is 2.29 bits per heavy atom. The van der Waals surface area contributed by atoms with E-state index in [0.717, 1.165) is 31.7 Å². The summed E-state index contributed by atoms with van der Waals surface area (Å²) < 4.78 is 5.71. The summed E-state index contributed by atoms with van der Waals surface area (Å²) in [4.78, 5) is 17.1. The molecule has 1 aromatic heterocycles. The number of hydrogen-bond acceptors (Lipinski definition) is 6. The van der Waals surface area contributed by atoms with Crippen LogP contribution in [0.1, 0.15) is 6.92 Å². The molecule has 3 aromatic rings. The third kappa shape index (κ3) is 4.20. The van der Waals surface area contributed by atoms with Crippen molar-refractivity contribution in [1.29, 1.82) is 0 Å². The van der Waals surface area contributed by atoms with Crippen LogP contribution >= 0.6 is 11.8 Å². The number of carbonyl (C=O) groups excluding carboxylic acids is 1. The van der Waals surface area contributed by atoms with Gasteiger partial charge >= 0.3 is 0 Å². The van der Waals surface area contributed by atoms with Gasteiger partial charge in [-0.1, -0.05) is 48.2 Å². The zero-order chi connectivity index (χ0) is 19.3. The number of piperazine rings is 1. The first kappa shape index (κ1) is 18.6. The molecule has 6 nitrogen and oxygen atoms in total. The zero-order valence-corrected chi connectivity index (χ0v) is 16.5. The fourth-order valence-corrected chi connectivity index (χ4v) is 4.00. The van der Waals surface area contributed by atoms with E-state index in [-0.39, 0.29) is 11.2 Å². The van der Waals surface area contributed by atoms with Crippen LogP contribution in [-0.4, -0.2) is 52.4 Å². The number of hydrogen-bond donors (Lipinski definition) is 0. The van der Waals surface area contributed by atoms with Gasteiger partial charge in [0.25, 0.3) is 5.22 Å². The fourth-order valence-electron chi connectivity index (χ4n) is 3.24. The van der Waals surface area contributed by atoms with Gasteiger partial charge in [0.05, 0.1) is 5.25 Å². The van der Waals surface area contributed by atoms with Gasteiger partial charge in [0.2, 0.25) is 11.8 Å². The highest BCUT2D eigenvalue weighted by molar-refractivity contribution is 8.00. The first-order chi connectivity index (χ1) is 13.7. The molecule has 0 saturated carbocycles. The summed E-state index contributed by atoms with van der Waals surface area (Å²) in [6.07, 6.45) is 0. The molecule has 4 rings (SSSR count). The summed E-state index contributed by atoms with van der Waals surface area (Å²) in [5.74, 6) is 0.580. The van der Waals surface area contributed by atoms with Gasteiger partial charge in [0.1, 0.15) is 0 Å². The average Bonchev–Trinajstić information content (AvgIpc) is 3.23. The van der Waals surface area contributed by atoms with E-state index in [0.29, 0.717) is 11.1 Å². The quantitative estimate of drug-likeness (QED) is 0.617. The largest absolute Gasteiger partial charge is 0.411 e. The van der Waals surface area contributed by atoms with E-state index in [1.54, 1.807) is 0 Å². The van der Waals surface area contributed by atoms with Crippen molar-refractivity contribution in [3.05, 3.63) is 60.7 Å². The molecule has 1 aliphatic rings. The van der Waals surface area contributed by atoms with Crippen LogP contribution in [0.3, 0.4) is 0 Å². The van der Waals surface area contributed by atoms with Crippen LogP contribution in [0.25, 0.3) is 11.5 Å². The Labute approximate surface area is 168 Å². The molecule has 144 valence electrons. The highest BCUT2D eigenvalue weighted by Crippen LogP contribution is 2.27. The van der Waals surface area contributed by atoms with Gasteiger partial charge in [-0.05, 0) is 31.2 Å². The van der Waals surface area contributed by atoms with Crippen molar-refractivity contribution in [1.82, 2.24) is 15.1 Å². The lowest BCUT2D eigenvalue weighted by Crippen LogP contribution is -2.50. The smallest absolute Gasteiger partial charge is 0.277 e. The van der Waals surface area contributed by atoms with Crippen LogP contribution < -0.4 is 4.90 Å². The number of nitrogens with zero attached hydrogens (tertiary/aromatic N) is 4. The molecule has 1 atom stereocenters. The lowest BCUT2D eigenvalue weighted by molar-refractivity contribution is -0.130. The highest BCUT2D eigenvalue weighted by Gasteiger charge is 2.27. The Morgan fingerprint density at radius 1 is 0.964 bits per heavy atom. The Kier molecular flexibility index (Phi) is 5.62. The maximum absolute atomic E-state index is 12.8. The van der Waals surface area contributed by atoms with E-state index in [9.17, 15) is 4.79 Å². The molecule has 0 aliphatic carbocycles. The van der Waals surface area contributed by atoms with Crippen molar-refractivity contribution in [3.8, 4) is 11.5 Å². The topological polar surface area (TPSA) is 62.5 Å². The lowest BCUT2D eigenvalue weighted by atomic mass is 10.2. The summed E-state index contributed by atoms with van der Waals surface area (Å²) in [6.45, 7) is 5.01. The van der Waals surface area contributed by atoms with E-state index in [4.69, 9.17) is 4.42 Å². The van der Waals surface area contributed by atoms with Crippen molar-refractivity contribution in [2.45, 2.75) is 17.4 Å². The first-order valence-electron chi connectivity index (χ1n) is 9.35. The van der Waals surface area contributed by atoms with Gasteiger partial charge in [-0.25, -0.2) is 0 Å². The van der Waals surface area contributed by atoms with Gasteiger partial charge in [-0.2, -0.15) is 0 Å². The van der Waals surface area contributed by atoms with Crippen LogP contribution in [0.4, 0.5) is 5.69 Å². The molecule has 0 unspecified atom stereocenters. The minimum absolute atomic E-state index is 0.108. The number of aromatic nitrogens is 2. The second-order valence-electron chi connectivity index (χ2n) is 6.65. The van der Waals surface area contributed by atoms with E-state index in [1.165, 1.54) is 17.4 Å². The van der Waals surface area contributed by atoms with E-state index in [1.807, 2.05) is 60.4 Å². The lowest BCUT2D eigenvalue weighted by Gasteiger charge is -2.37. The summed E-state index contributed by atoms with van der Waals surface area (Å²) in [6, 6.07) is 19.9. The highest BCUT2D eigenvalue weighted by atomic mass is 32.2. The molecule has 2 aromatic carbocycles. The number of anilines is 1. The van der Waals surface area contributed by atoms with Crippen LogP contribution in [0.5, 0.6) is 0 Å². The second kappa shape index (κ2) is 8.48. The minimum atomic E-state index is -0.271. The number of carbonyl (C=O) groups is 1. The molecule has 0 bridgehead atoms. The molecule has 7 heteroatoms. The number of rotatable bonds is 5. The fraction of sp³-hybridized carbons (Fsp3) is 0.286. The van der Waals surface area contributed by atoms with E-state index >= 15 is 0 Å². The van der Waals surface area contributed by atoms with Gasteiger partial charge in [-0.15, -0.1) is 10.2 Å². The average molecular weight is 395 g/mol. The maximum atomic E-state index is 12.8. The van der Waals surface area contributed by atoms with Crippen LogP contribution in [0.15, 0.2) is 70.3 Å². The van der Waals surface area contributed by atoms with Crippen LogP contribution in [0.2, 0.25) is 0 Å². The summed E-state index contributed by atoms with van der Waals surface area (Å²) in [5.41, 5.74) is 2.08. The summed E-state index contributed by atoms with van der Waals surface area (Å²) in [7, 11) is 0. The molecule has 1 aliphatic heterocycles. The molecule has 28 heavy (non-hydrogen) atoms. The second-order valence-corrected chi connectivity index (χ2v) is 7.94. The molecule has 1 amide bonds. The van der Waals surface area contributed by atoms with Crippen molar-refractivity contribution in [3.63, 3.8) is 0 Å². The predicted octanol–water partition coefficient (Wildman–Crippen LogP) is 3.57. The molecule has 0 radical (unpaired) electrons. The number of benzene rings is 2. The Hall–Kier alpha value is -2.80. The molecule has 1 fully saturated rings. The number of thioether (sulfide) groups is 1. The van der Waals surface area contributed by atoms with Gasteiger partial charge in [-0.3, -0.25) is 4.79 Å². The molecular formula is C21H22N4O2S.